The number of halogens is 1. The largest absolute Gasteiger partial charge is 0.312 e. The molecule has 0 saturated heterocycles. The minimum atomic E-state index is -0.457. The third kappa shape index (κ3) is 4.42. The van der Waals surface area contributed by atoms with Gasteiger partial charge in [0.2, 0.25) is 5.91 Å². The van der Waals surface area contributed by atoms with Gasteiger partial charge < -0.3 is 4.90 Å². The molecule has 0 aliphatic heterocycles. The fraction of sp³-hybridized carbons (Fsp3) is 0.160. The molecule has 162 valence electrons. The van der Waals surface area contributed by atoms with Gasteiger partial charge in [0.05, 0.1) is 21.8 Å². The molecule has 5 nitrogen and oxygen atoms in total. The Kier molecular flexibility index (Phi) is 6.63. The molecular formula is C25H22ClN3O2S. The van der Waals surface area contributed by atoms with Crippen LogP contribution in [0.4, 0.5) is 5.69 Å². The first-order valence-electron chi connectivity index (χ1n) is 10.3. The summed E-state index contributed by atoms with van der Waals surface area (Å²) in [5, 5.41) is 1.10. The van der Waals surface area contributed by atoms with Crippen molar-refractivity contribution in [2.24, 2.45) is 0 Å². The maximum absolute atomic E-state index is 13.4. The lowest BCUT2D eigenvalue weighted by atomic mass is 10.2. The van der Waals surface area contributed by atoms with Crippen LogP contribution in [-0.2, 0) is 4.79 Å². The highest BCUT2D eigenvalue weighted by atomic mass is 35.5. The molecule has 1 heterocycles. The van der Waals surface area contributed by atoms with Crippen molar-refractivity contribution in [3.63, 3.8) is 0 Å². The van der Waals surface area contributed by atoms with Gasteiger partial charge in [0.1, 0.15) is 0 Å². The summed E-state index contributed by atoms with van der Waals surface area (Å²) in [6.07, 6.45) is 0. The number of hydrogen-bond acceptors (Lipinski definition) is 4. The normalized spacial score (nSPS) is 12.0. The van der Waals surface area contributed by atoms with Gasteiger partial charge in [0.15, 0.2) is 5.16 Å². The van der Waals surface area contributed by atoms with Crippen LogP contribution in [0.1, 0.15) is 13.8 Å². The number of rotatable bonds is 6. The second-order valence-corrected chi connectivity index (χ2v) is 8.95. The van der Waals surface area contributed by atoms with Crippen molar-refractivity contribution >= 4 is 45.9 Å². The van der Waals surface area contributed by atoms with Crippen molar-refractivity contribution in [3.05, 3.63) is 94.2 Å². The first-order valence-corrected chi connectivity index (χ1v) is 11.6. The van der Waals surface area contributed by atoms with Gasteiger partial charge in [-0.1, -0.05) is 53.7 Å². The molecule has 0 N–H and O–H groups in total. The standard InChI is InChI=1S/C25H22ClN3O2S/c1-3-28(19-9-5-4-6-10-19)23(30)17(2)32-25-27-22-12-8-7-11-21(22)24(31)29(25)20-15-13-18(26)14-16-20/h4-17H,3H2,1-2H3. The summed E-state index contributed by atoms with van der Waals surface area (Å²) < 4.78 is 1.55. The molecule has 0 spiro atoms. The average molecular weight is 464 g/mol. The highest BCUT2D eigenvalue weighted by molar-refractivity contribution is 8.00. The number of nitrogens with zero attached hydrogens (tertiary/aromatic N) is 3. The molecule has 0 radical (unpaired) electrons. The second-order valence-electron chi connectivity index (χ2n) is 7.21. The Morgan fingerprint density at radius 3 is 2.38 bits per heavy atom. The van der Waals surface area contributed by atoms with Crippen LogP contribution in [0.5, 0.6) is 0 Å². The van der Waals surface area contributed by atoms with Crippen LogP contribution in [0, 0.1) is 0 Å². The lowest BCUT2D eigenvalue weighted by Crippen LogP contribution is -2.37. The molecule has 3 aromatic carbocycles. The molecule has 7 heteroatoms. The van der Waals surface area contributed by atoms with Gasteiger partial charge in [-0.25, -0.2) is 4.98 Å². The molecule has 0 aliphatic rings. The van der Waals surface area contributed by atoms with E-state index in [4.69, 9.17) is 16.6 Å². The molecule has 0 fully saturated rings. The quantitative estimate of drug-likeness (QED) is 0.277. The fourth-order valence-corrected chi connectivity index (χ4v) is 4.63. The van der Waals surface area contributed by atoms with E-state index in [1.54, 1.807) is 39.8 Å². The number of benzene rings is 3. The van der Waals surface area contributed by atoms with E-state index in [9.17, 15) is 9.59 Å². The number of fused-ring (bicyclic) bond motifs is 1. The van der Waals surface area contributed by atoms with E-state index in [2.05, 4.69) is 0 Å². The Morgan fingerprint density at radius 1 is 1.03 bits per heavy atom. The lowest BCUT2D eigenvalue weighted by molar-refractivity contribution is -0.117. The first kappa shape index (κ1) is 22.1. The number of amides is 1. The van der Waals surface area contributed by atoms with Crippen molar-refractivity contribution in [2.75, 3.05) is 11.4 Å². The van der Waals surface area contributed by atoms with Crippen molar-refractivity contribution in [1.82, 2.24) is 9.55 Å². The van der Waals surface area contributed by atoms with Gasteiger partial charge in [-0.15, -0.1) is 0 Å². The molecule has 4 aromatic rings. The predicted molar refractivity (Wildman–Crippen MR) is 132 cm³/mol. The van der Waals surface area contributed by atoms with Gasteiger partial charge >= 0.3 is 0 Å². The minimum Gasteiger partial charge on any atom is -0.312 e. The molecule has 1 aromatic heterocycles. The van der Waals surface area contributed by atoms with Gasteiger partial charge in [0, 0.05) is 17.3 Å². The van der Waals surface area contributed by atoms with Crippen LogP contribution >= 0.6 is 23.4 Å². The van der Waals surface area contributed by atoms with E-state index in [1.807, 2.05) is 62.4 Å². The molecule has 32 heavy (non-hydrogen) atoms. The topological polar surface area (TPSA) is 55.2 Å². The van der Waals surface area contributed by atoms with E-state index in [0.29, 0.717) is 33.3 Å². The number of aromatic nitrogens is 2. The van der Waals surface area contributed by atoms with Gasteiger partial charge in [-0.2, -0.15) is 0 Å². The smallest absolute Gasteiger partial charge is 0.266 e. The summed E-state index contributed by atoms with van der Waals surface area (Å²) in [6.45, 7) is 4.33. The number of hydrogen-bond donors (Lipinski definition) is 0. The zero-order chi connectivity index (χ0) is 22.7. The lowest BCUT2D eigenvalue weighted by Gasteiger charge is -2.24. The fourth-order valence-electron chi connectivity index (χ4n) is 3.51. The van der Waals surface area contributed by atoms with Crippen LogP contribution in [0.2, 0.25) is 5.02 Å². The van der Waals surface area contributed by atoms with Crippen LogP contribution in [0.25, 0.3) is 16.6 Å². The Balaban J connectivity index is 1.76. The summed E-state index contributed by atoms with van der Waals surface area (Å²) in [5.74, 6) is -0.0474. The molecule has 0 saturated carbocycles. The Labute approximate surface area is 195 Å². The van der Waals surface area contributed by atoms with E-state index in [1.165, 1.54) is 11.8 Å². The summed E-state index contributed by atoms with van der Waals surface area (Å²) in [4.78, 5) is 33.1. The highest BCUT2D eigenvalue weighted by Gasteiger charge is 2.24. The number of carbonyl (C=O) groups is 1. The van der Waals surface area contributed by atoms with Crippen LogP contribution in [0.15, 0.2) is 88.8 Å². The number of anilines is 1. The third-order valence-electron chi connectivity index (χ3n) is 5.11. The predicted octanol–water partition coefficient (Wildman–Crippen LogP) is 5.57. The van der Waals surface area contributed by atoms with Gasteiger partial charge in [-0.3, -0.25) is 14.2 Å². The molecule has 0 bridgehead atoms. The SMILES string of the molecule is CCN(C(=O)C(C)Sc1nc2ccccc2c(=O)n1-c1ccc(Cl)cc1)c1ccccc1. The molecule has 1 amide bonds. The monoisotopic (exact) mass is 463 g/mol. The van der Waals surface area contributed by atoms with E-state index in [-0.39, 0.29) is 11.5 Å². The first-order chi connectivity index (χ1) is 15.5. The van der Waals surface area contributed by atoms with Crippen molar-refractivity contribution < 1.29 is 4.79 Å². The summed E-state index contributed by atoms with van der Waals surface area (Å²) in [5.41, 5.74) is 1.90. The van der Waals surface area contributed by atoms with E-state index < -0.39 is 5.25 Å². The number of thioether (sulfide) groups is 1. The van der Waals surface area contributed by atoms with Crippen molar-refractivity contribution in [1.29, 1.82) is 0 Å². The molecule has 1 atom stereocenters. The second kappa shape index (κ2) is 9.59. The van der Waals surface area contributed by atoms with Gasteiger partial charge in [-0.05, 0) is 62.4 Å². The van der Waals surface area contributed by atoms with Crippen molar-refractivity contribution in [2.45, 2.75) is 24.3 Å². The van der Waals surface area contributed by atoms with Crippen LogP contribution in [0.3, 0.4) is 0 Å². The molecule has 1 unspecified atom stereocenters. The van der Waals surface area contributed by atoms with Crippen LogP contribution in [-0.4, -0.2) is 27.3 Å². The molecule has 0 aliphatic carbocycles. The molecular weight excluding hydrogens is 442 g/mol. The maximum Gasteiger partial charge on any atom is 0.266 e. The third-order valence-corrected chi connectivity index (χ3v) is 6.40. The Morgan fingerprint density at radius 2 is 1.69 bits per heavy atom. The van der Waals surface area contributed by atoms with E-state index >= 15 is 0 Å². The average Bonchev–Trinajstić information content (AvgIpc) is 2.81. The summed E-state index contributed by atoms with van der Waals surface area (Å²) in [6, 6.07) is 23.8. The zero-order valence-electron chi connectivity index (χ0n) is 17.7. The zero-order valence-corrected chi connectivity index (χ0v) is 19.3. The molecule has 4 rings (SSSR count). The Hall–Kier alpha value is -3.09. The number of para-hydroxylation sites is 2. The number of carbonyl (C=O) groups excluding carboxylic acids is 1. The maximum atomic E-state index is 13.4. The Bertz CT molecular complexity index is 1310. The van der Waals surface area contributed by atoms with E-state index in [0.717, 1.165) is 5.69 Å². The minimum absolute atomic E-state index is 0.0474. The highest BCUT2D eigenvalue weighted by Crippen LogP contribution is 2.28. The summed E-state index contributed by atoms with van der Waals surface area (Å²) in [7, 11) is 0. The van der Waals surface area contributed by atoms with Gasteiger partial charge in [0.25, 0.3) is 5.56 Å². The van der Waals surface area contributed by atoms with Crippen molar-refractivity contribution in [3.8, 4) is 5.69 Å². The summed E-state index contributed by atoms with van der Waals surface area (Å²) >= 11 is 7.32. The van der Waals surface area contributed by atoms with Crippen LogP contribution < -0.4 is 10.5 Å².